The first-order chi connectivity index (χ1) is 3.93. The van der Waals surface area contributed by atoms with Gasteiger partial charge in [-0.3, -0.25) is 0 Å². The maximum absolute atomic E-state index is 5.42. The van der Waals surface area contributed by atoms with Gasteiger partial charge in [-0.1, -0.05) is 0 Å². The lowest BCUT2D eigenvalue weighted by Crippen LogP contribution is -1.94. The van der Waals surface area contributed by atoms with Gasteiger partial charge in [0.05, 0.1) is 18.7 Å². The number of aryl methyl sites for hydroxylation is 1. The number of alkyl halides is 1. The van der Waals surface area contributed by atoms with Crippen LogP contribution in [0.15, 0.2) is 12.5 Å². The van der Waals surface area contributed by atoms with Crippen molar-refractivity contribution in [3.8, 4) is 0 Å². The Balaban J connectivity index is 2.50. The molecule has 0 aliphatic carbocycles. The maximum atomic E-state index is 5.42. The summed E-state index contributed by atoms with van der Waals surface area (Å²) in [6.07, 6.45) is 6.17. The zero-order valence-electron chi connectivity index (χ0n) is 4.34. The molecule has 8 heavy (non-hydrogen) atoms. The van der Waals surface area contributed by atoms with E-state index >= 15 is 0 Å². The number of hydrogen-bond acceptors (Lipinski definition) is 1. The van der Waals surface area contributed by atoms with E-state index in [9.17, 15) is 0 Å². The topological polar surface area (TPSA) is 17.8 Å². The molecule has 0 bridgehead atoms. The molecule has 43 valence electrons. The lowest BCUT2D eigenvalue weighted by molar-refractivity contribution is 0.762. The largest absolute Gasteiger partial charge is 0.328 e. The van der Waals surface area contributed by atoms with E-state index in [0.29, 0.717) is 5.88 Å². The Labute approximate surface area is 53.1 Å². The van der Waals surface area contributed by atoms with Gasteiger partial charge in [-0.25, -0.2) is 4.98 Å². The number of halogens is 1. The highest BCUT2D eigenvalue weighted by atomic mass is 35.5. The third-order valence-electron chi connectivity index (χ3n) is 0.830. The van der Waals surface area contributed by atoms with Crippen LogP contribution < -0.4 is 0 Å². The van der Waals surface area contributed by atoms with Crippen molar-refractivity contribution >= 4 is 11.6 Å². The van der Waals surface area contributed by atoms with Crippen molar-refractivity contribution < 1.29 is 0 Å². The molecule has 1 aromatic rings. The first-order valence-corrected chi connectivity index (χ1v) is 2.90. The molecule has 0 unspecified atom stereocenters. The second-order valence-corrected chi connectivity index (χ2v) is 1.78. The van der Waals surface area contributed by atoms with Crippen LogP contribution in [0.25, 0.3) is 0 Å². The number of rotatable bonds is 2. The standard InChI is InChI=1S/C5H6ClN2/c6-1-3-8-4-2-7-5-8/h2,5H,1,3H2. The molecule has 3 heteroatoms. The Morgan fingerprint density at radius 1 is 1.75 bits per heavy atom. The van der Waals surface area contributed by atoms with E-state index in [1.165, 1.54) is 0 Å². The van der Waals surface area contributed by atoms with E-state index in [1.807, 2.05) is 4.57 Å². The smallest absolute Gasteiger partial charge is 0.0951 e. The molecule has 1 radical (unpaired) electrons. The Morgan fingerprint density at radius 2 is 2.62 bits per heavy atom. The second-order valence-electron chi connectivity index (χ2n) is 1.41. The predicted molar refractivity (Wildman–Crippen MR) is 31.8 cm³/mol. The summed E-state index contributed by atoms with van der Waals surface area (Å²) in [5.41, 5.74) is 0. The SMILES string of the molecule is ClCCn1[c]cnc1. The molecule has 0 spiro atoms. The van der Waals surface area contributed by atoms with E-state index in [-0.39, 0.29) is 0 Å². The summed E-state index contributed by atoms with van der Waals surface area (Å²) in [4.78, 5) is 3.79. The molecule has 0 aliphatic rings. The van der Waals surface area contributed by atoms with E-state index in [2.05, 4.69) is 11.2 Å². The van der Waals surface area contributed by atoms with Gasteiger partial charge < -0.3 is 4.57 Å². The number of nitrogens with zero attached hydrogens (tertiary/aromatic N) is 2. The van der Waals surface area contributed by atoms with Crippen LogP contribution >= 0.6 is 11.6 Å². The number of aromatic nitrogens is 2. The maximum Gasteiger partial charge on any atom is 0.0951 e. The molecule has 0 saturated carbocycles. The molecular formula is C5H6ClN2. The first-order valence-electron chi connectivity index (χ1n) is 2.37. The van der Waals surface area contributed by atoms with Crippen LogP contribution in [0.4, 0.5) is 0 Å². The fourth-order valence-corrected chi connectivity index (χ4v) is 0.650. The summed E-state index contributed by atoms with van der Waals surface area (Å²) in [5.74, 6) is 0.618. The Morgan fingerprint density at radius 3 is 3.12 bits per heavy atom. The van der Waals surface area contributed by atoms with E-state index in [4.69, 9.17) is 11.6 Å². The van der Waals surface area contributed by atoms with Gasteiger partial charge in [-0.05, 0) is 0 Å². The van der Waals surface area contributed by atoms with Crippen LogP contribution in [-0.4, -0.2) is 15.4 Å². The molecule has 1 rings (SSSR count). The Kier molecular flexibility index (Phi) is 1.92. The average Bonchev–Trinajstić information content (AvgIpc) is 2.19. The third-order valence-corrected chi connectivity index (χ3v) is 0.999. The summed E-state index contributed by atoms with van der Waals surface area (Å²) in [6, 6.07) is 0. The van der Waals surface area contributed by atoms with Gasteiger partial charge in [0.1, 0.15) is 0 Å². The quantitative estimate of drug-likeness (QED) is 0.543. The van der Waals surface area contributed by atoms with Crippen molar-refractivity contribution in [2.24, 2.45) is 0 Å². The second kappa shape index (κ2) is 2.72. The fraction of sp³-hybridized carbons (Fsp3) is 0.400. The van der Waals surface area contributed by atoms with Gasteiger partial charge in [0.2, 0.25) is 0 Å². The molecule has 0 saturated heterocycles. The summed E-state index contributed by atoms with van der Waals surface area (Å²) in [5, 5.41) is 0. The van der Waals surface area contributed by atoms with E-state index in [1.54, 1.807) is 12.5 Å². The predicted octanol–water partition coefficient (Wildman–Crippen LogP) is 0.922. The Hall–Kier alpha value is -0.500. The van der Waals surface area contributed by atoms with Crippen LogP contribution in [0.1, 0.15) is 0 Å². The van der Waals surface area contributed by atoms with Gasteiger partial charge >= 0.3 is 0 Å². The van der Waals surface area contributed by atoms with Crippen molar-refractivity contribution in [3.05, 3.63) is 18.7 Å². The van der Waals surface area contributed by atoms with Crippen LogP contribution in [-0.2, 0) is 6.54 Å². The molecule has 0 aliphatic heterocycles. The lowest BCUT2D eigenvalue weighted by atomic mass is 10.7. The monoisotopic (exact) mass is 129 g/mol. The highest BCUT2D eigenvalue weighted by Gasteiger charge is 1.84. The fourth-order valence-electron chi connectivity index (χ4n) is 0.468. The highest BCUT2D eigenvalue weighted by Crippen LogP contribution is 1.85. The molecule has 0 amide bonds. The van der Waals surface area contributed by atoms with Crippen molar-refractivity contribution in [2.75, 3.05) is 5.88 Å². The van der Waals surface area contributed by atoms with Crippen molar-refractivity contribution in [3.63, 3.8) is 0 Å². The van der Waals surface area contributed by atoms with Gasteiger partial charge in [-0.2, -0.15) is 0 Å². The third kappa shape index (κ3) is 1.23. The first kappa shape index (κ1) is 5.63. The van der Waals surface area contributed by atoms with Crippen LogP contribution in [0, 0.1) is 6.20 Å². The number of hydrogen-bond donors (Lipinski definition) is 0. The summed E-state index contributed by atoms with van der Waals surface area (Å²) in [7, 11) is 0. The minimum Gasteiger partial charge on any atom is -0.328 e. The van der Waals surface area contributed by atoms with Crippen LogP contribution in [0.5, 0.6) is 0 Å². The zero-order valence-corrected chi connectivity index (χ0v) is 5.10. The van der Waals surface area contributed by atoms with Crippen molar-refractivity contribution in [1.82, 2.24) is 9.55 Å². The Bertz CT molecular complexity index is 136. The minimum atomic E-state index is 0.618. The van der Waals surface area contributed by atoms with E-state index in [0.717, 1.165) is 6.54 Å². The summed E-state index contributed by atoms with van der Waals surface area (Å²) in [6.45, 7) is 0.793. The zero-order chi connectivity index (χ0) is 5.82. The molecule has 1 heterocycles. The minimum absolute atomic E-state index is 0.618. The molecule has 2 nitrogen and oxygen atoms in total. The molecule has 0 atom stereocenters. The van der Waals surface area contributed by atoms with Crippen molar-refractivity contribution in [2.45, 2.75) is 6.54 Å². The van der Waals surface area contributed by atoms with Gasteiger partial charge in [-0.15, -0.1) is 11.6 Å². The number of imidazole rings is 1. The van der Waals surface area contributed by atoms with Crippen molar-refractivity contribution in [1.29, 1.82) is 0 Å². The molecule has 1 aromatic heterocycles. The van der Waals surface area contributed by atoms with Crippen LogP contribution in [0.2, 0.25) is 0 Å². The lowest BCUT2D eigenvalue weighted by Gasteiger charge is -1.91. The molecule has 0 fully saturated rings. The van der Waals surface area contributed by atoms with Crippen LogP contribution in [0.3, 0.4) is 0 Å². The van der Waals surface area contributed by atoms with Gasteiger partial charge in [0, 0.05) is 12.4 Å². The highest BCUT2D eigenvalue weighted by molar-refractivity contribution is 6.17. The molecule has 0 aromatic carbocycles. The summed E-state index contributed by atoms with van der Waals surface area (Å²) < 4.78 is 1.81. The van der Waals surface area contributed by atoms with Gasteiger partial charge in [0.15, 0.2) is 0 Å². The summed E-state index contributed by atoms with van der Waals surface area (Å²) >= 11 is 5.42. The van der Waals surface area contributed by atoms with E-state index < -0.39 is 0 Å². The molecular weight excluding hydrogens is 124 g/mol. The molecule has 0 N–H and O–H groups in total. The average molecular weight is 130 g/mol. The van der Waals surface area contributed by atoms with Gasteiger partial charge in [0.25, 0.3) is 0 Å². The normalized spacial score (nSPS) is 9.62.